The molecule has 1 atom stereocenters. The fourth-order valence-corrected chi connectivity index (χ4v) is 3.29. The molecular weight excluding hydrogens is 369 g/mol. The lowest BCUT2D eigenvalue weighted by Gasteiger charge is -2.33. The number of nitriles is 1. The topological polar surface area (TPSA) is 92.1 Å². The molecule has 2 aromatic rings. The average Bonchev–Trinajstić information content (AvgIpc) is 2.69. The van der Waals surface area contributed by atoms with E-state index in [-0.39, 0.29) is 35.7 Å². The Morgan fingerprint density at radius 1 is 1.32 bits per heavy atom. The highest BCUT2D eigenvalue weighted by atomic mass is 19.3. The molecule has 144 valence electrons. The summed E-state index contributed by atoms with van der Waals surface area (Å²) >= 11 is 0. The molecule has 2 heterocycles. The molecule has 0 bridgehead atoms. The largest absolute Gasteiger partial charge is 0.387 e. The maximum atomic E-state index is 14.5. The molecule has 1 aromatic heterocycles. The number of rotatable bonds is 5. The number of aliphatic imine (C=N–C) groups is 1. The standard InChI is InChI=1S/C20H17F3N4O/c21-15-5-3-12(9-17(28)16-6-4-13(10-24)11-26-16)8-14(15)20(19(22)23)7-1-2-18(25)27-20/h3-6,8,11,19H,1-2,7,9H2,(H2,25,27). The Labute approximate surface area is 159 Å². The summed E-state index contributed by atoms with van der Waals surface area (Å²) in [6, 6.07) is 8.47. The number of halogens is 3. The van der Waals surface area contributed by atoms with Crippen molar-refractivity contribution in [2.45, 2.75) is 37.6 Å². The first-order valence-electron chi connectivity index (χ1n) is 8.66. The van der Waals surface area contributed by atoms with Gasteiger partial charge in [-0.15, -0.1) is 0 Å². The Morgan fingerprint density at radius 2 is 2.11 bits per heavy atom. The van der Waals surface area contributed by atoms with Crippen molar-refractivity contribution in [1.29, 1.82) is 5.26 Å². The van der Waals surface area contributed by atoms with E-state index in [1.54, 1.807) is 0 Å². The number of hydrogen-bond donors (Lipinski definition) is 1. The summed E-state index contributed by atoms with van der Waals surface area (Å²) in [5.41, 5.74) is 4.17. The van der Waals surface area contributed by atoms with Crippen LogP contribution in [-0.4, -0.2) is 23.0 Å². The molecule has 5 nitrogen and oxygen atoms in total. The fourth-order valence-electron chi connectivity index (χ4n) is 3.29. The van der Waals surface area contributed by atoms with E-state index in [1.807, 2.05) is 6.07 Å². The SMILES string of the molecule is N#Cc1ccc(C(=O)Cc2ccc(F)c(C3(C(F)F)CCCC(N)=N3)c2)nc1. The highest BCUT2D eigenvalue weighted by molar-refractivity contribution is 5.95. The summed E-state index contributed by atoms with van der Waals surface area (Å²) in [4.78, 5) is 20.3. The lowest BCUT2D eigenvalue weighted by atomic mass is 9.82. The van der Waals surface area contributed by atoms with Crippen LogP contribution in [0.5, 0.6) is 0 Å². The molecule has 3 rings (SSSR count). The van der Waals surface area contributed by atoms with E-state index in [9.17, 15) is 18.0 Å². The van der Waals surface area contributed by atoms with Crippen LogP contribution in [0.25, 0.3) is 0 Å². The molecule has 0 radical (unpaired) electrons. The van der Waals surface area contributed by atoms with Gasteiger partial charge in [0.05, 0.1) is 11.4 Å². The number of ketones is 1. The number of alkyl halides is 2. The maximum Gasteiger partial charge on any atom is 0.267 e. The minimum Gasteiger partial charge on any atom is -0.387 e. The number of nitrogens with zero attached hydrogens (tertiary/aromatic N) is 3. The summed E-state index contributed by atoms with van der Waals surface area (Å²) in [6.07, 6.45) is -1.08. The first kappa shape index (κ1) is 19.5. The monoisotopic (exact) mass is 386 g/mol. The average molecular weight is 386 g/mol. The van der Waals surface area contributed by atoms with Crippen molar-refractivity contribution < 1.29 is 18.0 Å². The van der Waals surface area contributed by atoms with Gasteiger partial charge in [0.15, 0.2) is 11.3 Å². The zero-order valence-electron chi connectivity index (χ0n) is 14.8. The van der Waals surface area contributed by atoms with Gasteiger partial charge in [-0.25, -0.2) is 13.2 Å². The van der Waals surface area contributed by atoms with Gasteiger partial charge in [-0.1, -0.05) is 6.07 Å². The summed E-state index contributed by atoms with van der Waals surface area (Å²) < 4.78 is 42.3. The Bertz CT molecular complexity index is 966. The van der Waals surface area contributed by atoms with E-state index in [1.165, 1.54) is 30.5 Å². The summed E-state index contributed by atoms with van der Waals surface area (Å²) in [5.74, 6) is -1.12. The van der Waals surface area contributed by atoms with Crippen LogP contribution in [0, 0.1) is 17.1 Å². The number of aromatic nitrogens is 1. The summed E-state index contributed by atoms with van der Waals surface area (Å²) in [5, 5.41) is 8.78. The first-order valence-corrected chi connectivity index (χ1v) is 8.66. The second-order valence-electron chi connectivity index (χ2n) is 6.64. The van der Waals surface area contributed by atoms with Crippen molar-refractivity contribution in [3.05, 3.63) is 64.7 Å². The van der Waals surface area contributed by atoms with Crippen LogP contribution in [-0.2, 0) is 12.0 Å². The molecule has 1 aliphatic heterocycles. The number of amidine groups is 1. The van der Waals surface area contributed by atoms with Gasteiger partial charge in [0.25, 0.3) is 6.43 Å². The number of nitrogens with two attached hydrogens (primary N) is 1. The number of pyridine rings is 1. The van der Waals surface area contributed by atoms with Crippen molar-refractivity contribution >= 4 is 11.6 Å². The number of carbonyl (C=O) groups excluding carboxylic acids is 1. The highest BCUT2D eigenvalue weighted by Gasteiger charge is 2.45. The van der Waals surface area contributed by atoms with Gasteiger partial charge >= 0.3 is 0 Å². The van der Waals surface area contributed by atoms with Crippen LogP contribution >= 0.6 is 0 Å². The van der Waals surface area contributed by atoms with Crippen LogP contribution in [0.4, 0.5) is 13.2 Å². The molecule has 0 saturated carbocycles. The van der Waals surface area contributed by atoms with E-state index in [2.05, 4.69) is 9.98 Å². The first-order chi connectivity index (χ1) is 13.4. The van der Waals surface area contributed by atoms with Crippen molar-refractivity contribution in [2.75, 3.05) is 0 Å². The molecule has 8 heteroatoms. The van der Waals surface area contributed by atoms with Gasteiger partial charge in [-0.05, 0) is 42.7 Å². The Morgan fingerprint density at radius 3 is 2.71 bits per heavy atom. The Kier molecular flexibility index (Phi) is 5.45. The third kappa shape index (κ3) is 3.74. The molecule has 0 fully saturated rings. The van der Waals surface area contributed by atoms with Crippen molar-refractivity contribution in [3.8, 4) is 6.07 Å². The molecule has 1 aromatic carbocycles. The fraction of sp³-hybridized carbons (Fsp3) is 0.300. The highest BCUT2D eigenvalue weighted by Crippen LogP contribution is 2.41. The van der Waals surface area contributed by atoms with Gasteiger partial charge in [-0.2, -0.15) is 5.26 Å². The van der Waals surface area contributed by atoms with Crippen LogP contribution in [0.1, 0.15) is 46.4 Å². The van der Waals surface area contributed by atoms with Gasteiger partial charge in [0.1, 0.15) is 17.6 Å². The second kappa shape index (κ2) is 7.80. The van der Waals surface area contributed by atoms with Crippen molar-refractivity contribution in [2.24, 2.45) is 10.7 Å². The van der Waals surface area contributed by atoms with Crippen LogP contribution < -0.4 is 5.73 Å². The molecule has 0 spiro atoms. The second-order valence-corrected chi connectivity index (χ2v) is 6.64. The third-order valence-corrected chi connectivity index (χ3v) is 4.74. The van der Waals surface area contributed by atoms with Gasteiger partial charge in [0, 0.05) is 24.6 Å². The van der Waals surface area contributed by atoms with Gasteiger partial charge < -0.3 is 5.73 Å². The Balaban J connectivity index is 1.93. The zero-order valence-corrected chi connectivity index (χ0v) is 14.8. The smallest absolute Gasteiger partial charge is 0.267 e. The molecule has 28 heavy (non-hydrogen) atoms. The van der Waals surface area contributed by atoms with E-state index >= 15 is 0 Å². The maximum absolute atomic E-state index is 14.5. The normalized spacial score (nSPS) is 19.2. The molecule has 0 aliphatic carbocycles. The molecular formula is C20H17F3N4O. The van der Waals surface area contributed by atoms with Gasteiger partial charge in [-0.3, -0.25) is 14.8 Å². The number of carbonyl (C=O) groups is 1. The number of hydrogen-bond acceptors (Lipinski definition) is 5. The van der Waals surface area contributed by atoms with E-state index < -0.39 is 17.8 Å². The molecule has 1 aliphatic rings. The van der Waals surface area contributed by atoms with Crippen LogP contribution in [0.15, 0.2) is 41.5 Å². The quantitative estimate of drug-likeness (QED) is 0.796. The minimum atomic E-state index is -2.94. The van der Waals surface area contributed by atoms with Gasteiger partial charge in [0.2, 0.25) is 0 Å². The van der Waals surface area contributed by atoms with Crippen molar-refractivity contribution in [3.63, 3.8) is 0 Å². The Hall–Kier alpha value is -3.21. The van der Waals surface area contributed by atoms with E-state index in [4.69, 9.17) is 11.0 Å². The van der Waals surface area contributed by atoms with E-state index in [0.29, 0.717) is 24.0 Å². The predicted octanol–water partition coefficient (Wildman–Crippen LogP) is 3.52. The lowest BCUT2D eigenvalue weighted by Crippen LogP contribution is -2.39. The summed E-state index contributed by atoms with van der Waals surface area (Å²) in [7, 11) is 0. The number of benzene rings is 1. The zero-order chi connectivity index (χ0) is 20.3. The molecule has 0 amide bonds. The molecule has 1 unspecified atom stereocenters. The lowest BCUT2D eigenvalue weighted by molar-refractivity contribution is 0.0422. The summed E-state index contributed by atoms with van der Waals surface area (Å²) in [6.45, 7) is 0. The third-order valence-electron chi connectivity index (χ3n) is 4.74. The number of Topliss-reactive ketones (excluding diaryl/α,β-unsaturated/α-hetero) is 1. The predicted molar refractivity (Wildman–Crippen MR) is 96.5 cm³/mol. The minimum absolute atomic E-state index is 0.0309. The van der Waals surface area contributed by atoms with Crippen LogP contribution in [0.2, 0.25) is 0 Å². The molecule has 2 N–H and O–H groups in total. The molecule has 0 saturated heterocycles. The van der Waals surface area contributed by atoms with Crippen molar-refractivity contribution in [1.82, 2.24) is 4.98 Å². The van der Waals surface area contributed by atoms with E-state index in [0.717, 1.165) is 6.07 Å². The van der Waals surface area contributed by atoms with Crippen LogP contribution in [0.3, 0.4) is 0 Å².